The number of benzene rings is 1. The van der Waals surface area contributed by atoms with E-state index < -0.39 is 0 Å². The van der Waals surface area contributed by atoms with E-state index in [2.05, 4.69) is 10.2 Å². The van der Waals surface area contributed by atoms with Crippen molar-refractivity contribution >= 4 is 17.4 Å². The summed E-state index contributed by atoms with van der Waals surface area (Å²) in [5, 5.41) is 3.93. The van der Waals surface area contributed by atoms with Gasteiger partial charge in [-0.25, -0.2) is 0 Å². The molecule has 1 aromatic carbocycles. The molecular formula is C17H25ClN2O2. The van der Waals surface area contributed by atoms with Gasteiger partial charge in [0, 0.05) is 44.2 Å². The van der Waals surface area contributed by atoms with Crippen LogP contribution >= 0.6 is 11.6 Å². The van der Waals surface area contributed by atoms with Crippen LogP contribution in [0.15, 0.2) is 12.1 Å². The van der Waals surface area contributed by atoms with E-state index in [0.29, 0.717) is 22.8 Å². The summed E-state index contributed by atoms with van der Waals surface area (Å²) in [6.07, 6.45) is 0.522. The largest absolute Gasteiger partial charge is 0.490 e. The average molecular weight is 325 g/mol. The topological polar surface area (TPSA) is 41.6 Å². The van der Waals surface area contributed by atoms with Gasteiger partial charge in [-0.05, 0) is 38.5 Å². The molecule has 1 heterocycles. The molecule has 0 radical (unpaired) electrons. The van der Waals surface area contributed by atoms with Crippen LogP contribution in [-0.4, -0.2) is 49.5 Å². The first kappa shape index (κ1) is 17.3. The van der Waals surface area contributed by atoms with E-state index in [1.165, 1.54) is 0 Å². The molecule has 22 heavy (non-hydrogen) atoms. The van der Waals surface area contributed by atoms with Crippen molar-refractivity contribution in [1.29, 1.82) is 0 Å². The zero-order valence-electron chi connectivity index (χ0n) is 13.6. The molecular weight excluding hydrogens is 300 g/mol. The van der Waals surface area contributed by atoms with Gasteiger partial charge in [0.05, 0.1) is 11.7 Å². The SMILES string of the molecule is Cc1cc(OC(C)C)c(C(=O)CCN2CCNCC2)cc1Cl. The number of carbonyl (C=O) groups excluding carboxylic acids is 1. The summed E-state index contributed by atoms with van der Waals surface area (Å²) in [4.78, 5) is 14.9. The van der Waals surface area contributed by atoms with Gasteiger partial charge in [0.2, 0.25) is 0 Å². The van der Waals surface area contributed by atoms with Gasteiger partial charge in [-0.1, -0.05) is 11.6 Å². The Morgan fingerprint density at radius 1 is 1.36 bits per heavy atom. The van der Waals surface area contributed by atoms with Crippen LogP contribution in [0, 0.1) is 6.92 Å². The van der Waals surface area contributed by atoms with Crippen LogP contribution in [0.1, 0.15) is 36.2 Å². The number of nitrogens with one attached hydrogen (secondary N) is 1. The van der Waals surface area contributed by atoms with Crippen LogP contribution in [0.25, 0.3) is 0 Å². The van der Waals surface area contributed by atoms with Gasteiger partial charge in [-0.15, -0.1) is 0 Å². The lowest BCUT2D eigenvalue weighted by Crippen LogP contribution is -2.44. The molecule has 0 amide bonds. The summed E-state index contributed by atoms with van der Waals surface area (Å²) < 4.78 is 5.79. The maximum absolute atomic E-state index is 12.6. The molecule has 5 heteroatoms. The van der Waals surface area contributed by atoms with Gasteiger partial charge >= 0.3 is 0 Å². The predicted molar refractivity (Wildman–Crippen MR) is 90.2 cm³/mol. The third-order valence-electron chi connectivity index (χ3n) is 3.79. The van der Waals surface area contributed by atoms with Crippen molar-refractivity contribution in [3.63, 3.8) is 0 Å². The predicted octanol–water partition coefficient (Wildman–Crippen LogP) is 2.91. The number of piperazine rings is 1. The van der Waals surface area contributed by atoms with Crippen LogP contribution in [0.5, 0.6) is 5.75 Å². The molecule has 1 aliphatic rings. The molecule has 0 bridgehead atoms. The third-order valence-corrected chi connectivity index (χ3v) is 4.20. The Labute approximate surface area is 137 Å². The smallest absolute Gasteiger partial charge is 0.167 e. The van der Waals surface area contributed by atoms with E-state index in [0.717, 1.165) is 38.3 Å². The first-order valence-corrected chi connectivity index (χ1v) is 8.28. The quantitative estimate of drug-likeness (QED) is 0.817. The molecule has 0 aromatic heterocycles. The number of Topliss-reactive ketones (excluding diaryl/α,β-unsaturated/α-hetero) is 1. The van der Waals surface area contributed by atoms with E-state index in [4.69, 9.17) is 16.3 Å². The zero-order chi connectivity index (χ0) is 16.1. The monoisotopic (exact) mass is 324 g/mol. The lowest BCUT2D eigenvalue weighted by molar-refractivity contribution is 0.0955. The molecule has 1 N–H and O–H groups in total. The van der Waals surface area contributed by atoms with Crippen molar-refractivity contribution in [3.8, 4) is 5.75 Å². The number of hydrogen-bond acceptors (Lipinski definition) is 4. The third kappa shape index (κ3) is 4.70. The molecule has 2 rings (SSSR count). The van der Waals surface area contributed by atoms with Crippen LogP contribution in [0.4, 0.5) is 0 Å². The minimum absolute atomic E-state index is 0.0281. The Bertz CT molecular complexity index is 526. The number of hydrogen-bond donors (Lipinski definition) is 1. The van der Waals surface area contributed by atoms with Crippen LogP contribution < -0.4 is 10.1 Å². The summed E-state index contributed by atoms with van der Waals surface area (Å²) in [7, 11) is 0. The van der Waals surface area contributed by atoms with E-state index in [-0.39, 0.29) is 11.9 Å². The summed E-state index contributed by atoms with van der Waals surface area (Å²) in [6.45, 7) is 10.6. The molecule has 1 fully saturated rings. The van der Waals surface area contributed by atoms with Crippen LogP contribution in [0.3, 0.4) is 0 Å². The molecule has 1 aromatic rings. The lowest BCUT2D eigenvalue weighted by Gasteiger charge is -2.26. The molecule has 1 saturated heterocycles. The van der Waals surface area contributed by atoms with Crippen molar-refractivity contribution < 1.29 is 9.53 Å². The molecule has 0 atom stereocenters. The van der Waals surface area contributed by atoms with Crippen molar-refractivity contribution in [2.45, 2.75) is 33.3 Å². The molecule has 0 saturated carbocycles. The Morgan fingerprint density at radius 2 is 2.05 bits per heavy atom. The molecule has 4 nitrogen and oxygen atoms in total. The molecule has 0 aliphatic carbocycles. The highest BCUT2D eigenvalue weighted by atomic mass is 35.5. The highest BCUT2D eigenvalue weighted by molar-refractivity contribution is 6.31. The summed E-state index contributed by atoms with van der Waals surface area (Å²) >= 11 is 6.19. The van der Waals surface area contributed by atoms with Crippen LogP contribution in [0.2, 0.25) is 5.02 Å². The number of carbonyl (C=O) groups is 1. The Kier molecular flexibility index (Phi) is 6.24. The van der Waals surface area contributed by atoms with Crippen molar-refractivity contribution in [1.82, 2.24) is 10.2 Å². The second-order valence-corrected chi connectivity index (χ2v) is 6.44. The summed E-state index contributed by atoms with van der Waals surface area (Å²) in [6, 6.07) is 3.61. The van der Waals surface area contributed by atoms with E-state index >= 15 is 0 Å². The van der Waals surface area contributed by atoms with E-state index in [1.54, 1.807) is 6.07 Å². The fourth-order valence-corrected chi connectivity index (χ4v) is 2.72. The van der Waals surface area contributed by atoms with Gasteiger partial charge in [-0.3, -0.25) is 4.79 Å². The second-order valence-electron chi connectivity index (χ2n) is 6.03. The first-order valence-electron chi connectivity index (χ1n) is 7.90. The highest BCUT2D eigenvalue weighted by Crippen LogP contribution is 2.28. The summed E-state index contributed by atoms with van der Waals surface area (Å²) in [5.41, 5.74) is 1.52. The van der Waals surface area contributed by atoms with Gasteiger partial charge in [0.1, 0.15) is 5.75 Å². The van der Waals surface area contributed by atoms with Gasteiger partial charge in [0.25, 0.3) is 0 Å². The maximum atomic E-state index is 12.6. The number of ketones is 1. The number of halogens is 1. The highest BCUT2D eigenvalue weighted by Gasteiger charge is 2.18. The Hall–Kier alpha value is -1.10. The molecule has 0 unspecified atom stereocenters. The number of ether oxygens (including phenoxy) is 1. The van der Waals surface area contributed by atoms with E-state index in [1.807, 2.05) is 26.8 Å². The van der Waals surface area contributed by atoms with Gasteiger partial charge < -0.3 is 15.0 Å². The maximum Gasteiger partial charge on any atom is 0.167 e. The van der Waals surface area contributed by atoms with Gasteiger partial charge in [0.15, 0.2) is 5.78 Å². The summed E-state index contributed by atoms with van der Waals surface area (Å²) in [5.74, 6) is 0.735. The minimum Gasteiger partial charge on any atom is -0.490 e. The zero-order valence-corrected chi connectivity index (χ0v) is 14.4. The Morgan fingerprint density at radius 3 is 2.68 bits per heavy atom. The standard InChI is InChI=1S/C17H25ClN2O2/c1-12(2)22-17-10-13(3)15(18)11-14(17)16(21)4-7-20-8-5-19-6-9-20/h10-12,19H,4-9H2,1-3H3. The van der Waals surface area contributed by atoms with Gasteiger partial charge in [-0.2, -0.15) is 0 Å². The second kappa shape index (κ2) is 7.95. The number of rotatable bonds is 6. The number of aryl methyl sites for hydroxylation is 1. The molecule has 122 valence electrons. The number of nitrogens with zero attached hydrogens (tertiary/aromatic N) is 1. The fourth-order valence-electron chi connectivity index (χ4n) is 2.55. The normalized spacial score (nSPS) is 16.0. The first-order chi connectivity index (χ1) is 10.5. The average Bonchev–Trinajstić information content (AvgIpc) is 2.49. The van der Waals surface area contributed by atoms with Crippen molar-refractivity contribution in [2.24, 2.45) is 0 Å². The van der Waals surface area contributed by atoms with Crippen LogP contribution in [-0.2, 0) is 0 Å². The molecule has 0 spiro atoms. The minimum atomic E-state index is 0.0281. The lowest BCUT2D eigenvalue weighted by atomic mass is 10.0. The van der Waals surface area contributed by atoms with E-state index in [9.17, 15) is 4.79 Å². The Balaban J connectivity index is 2.08. The van der Waals surface area contributed by atoms with Crippen molar-refractivity contribution in [3.05, 3.63) is 28.3 Å². The fraction of sp³-hybridized carbons (Fsp3) is 0.588. The molecule has 1 aliphatic heterocycles. The van der Waals surface area contributed by atoms with Crippen molar-refractivity contribution in [2.75, 3.05) is 32.7 Å².